The molecular weight excluding hydrogens is 655 g/mol. The van der Waals surface area contributed by atoms with Crippen LogP contribution in [-0.4, -0.2) is 19.5 Å². The predicted molar refractivity (Wildman–Crippen MR) is 214 cm³/mol. The van der Waals surface area contributed by atoms with Crippen LogP contribution in [0.2, 0.25) is 0 Å². The van der Waals surface area contributed by atoms with Gasteiger partial charge in [0.15, 0.2) is 17.5 Å². The van der Waals surface area contributed by atoms with Crippen molar-refractivity contribution in [2.75, 3.05) is 0 Å². The van der Waals surface area contributed by atoms with Crippen molar-refractivity contribution in [2.24, 2.45) is 0 Å². The molecule has 5 nitrogen and oxygen atoms in total. The van der Waals surface area contributed by atoms with Crippen LogP contribution in [0.25, 0.3) is 93.0 Å². The number of nitriles is 1. The maximum absolute atomic E-state index is 9.48. The van der Waals surface area contributed by atoms with Crippen LogP contribution in [0.1, 0.15) is 5.56 Å². The first-order valence-electron chi connectivity index (χ1n) is 17.1. The summed E-state index contributed by atoms with van der Waals surface area (Å²) in [5, 5.41) is 14.2. The molecule has 10 rings (SSSR count). The molecule has 0 N–H and O–H groups in total. The summed E-state index contributed by atoms with van der Waals surface area (Å²) in [4.78, 5) is 14.9. The average molecular weight is 682 g/mol. The first-order chi connectivity index (χ1) is 25.7. The highest BCUT2D eigenvalue weighted by atomic mass is 32.1. The summed E-state index contributed by atoms with van der Waals surface area (Å²) in [6.45, 7) is 0. The van der Waals surface area contributed by atoms with Crippen molar-refractivity contribution in [3.05, 3.63) is 169 Å². The van der Waals surface area contributed by atoms with Gasteiger partial charge in [-0.05, 0) is 77.9 Å². The van der Waals surface area contributed by atoms with Crippen LogP contribution in [-0.2, 0) is 0 Å². The van der Waals surface area contributed by atoms with Gasteiger partial charge in [-0.15, -0.1) is 11.3 Å². The van der Waals surface area contributed by atoms with Crippen molar-refractivity contribution in [3.63, 3.8) is 0 Å². The van der Waals surface area contributed by atoms with Gasteiger partial charge < -0.3 is 4.57 Å². The zero-order valence-corrected chi connectivity index (χ0v) is 28.5. The number of hydrogen-bond donors (Lipinski definition) is 0. The molecule has 0 spiro atoms. The molecule has 0 atom stereocenters. The minimum atomic E-state index is 0.633. The summed E-state index contributed by atoms with van der Waals surface area (Å²) in [7, 11) is 0. The van der Waals surface area contributed by atoms with E-state index in [1.165, 1.54) is 20.2 Å². The van der Waals surface area contributed by atoms with Gasteiger partial charge in [0.05, 0.1) is 22.7 Å². The minimum absolute atomic E-state index is 0.633. The fraction of sp³-hybridized carbons (Fsp3) is 0. The molecule has 0 aliphatic heterocycles. The van der Waals surface area contributed by atoms with Crippen LogP contribution < -0.4 is 0 Å². The van der Waals surface area contributed by atoms with Crippen LogP contribution in [0, 0.1) is 11.3 Å². The minimum Gasteiger partial charge on any atom is -0.309 e. The molecular formula is C46H27N5S. The Morgan fingerprint density at radius 3 is 1.71 bits per heavy atom. The van der Waals surface area contributed by atoms with Crippen LogP contribution in [0.3, 0.4) is 0 Å². The van der Waals surface area contributed by atoms with Crippen molar-refractivity contribution in [3.8, 4) is 57.0 Å². The number of aromatic nitrogens is 4. The standard InChI is InChI=1S/C46H27N5S/c47-28-29-10-9-15-32(24-29)33-19-22-42-38(25-33)39-27-35(20-23-43(39)52-42)51-40-17-8-7-16-36(40)37-26-34(18-21-41(37)51)46-49-44(30-11-3-1-4-12-30)48-45(50-46)31-13-5-2-6-14-31/h1-27H. The molecule has 242 valence electrons. The van der Waals surface area contributed by atoms with Gasteiger partial charge in [0.25, 0.3) is 0 Å². The van der Waals surface area contributed by atoms with Crippen molar-refractivity contribution in [1.82, 2.24) is 19.5 Å². The van der Waals surface area contributed by atoms with Crippen LogP contribution >= 0.6 is 11.3 Å². The molecule has 0 saturated carbocycles. The molecule has 52 heavy (non-hydrogen) atoms. The van der Waals surface area contributed by atoms with Gasteiger partial charge in [-0.3, -0.25) is 0 Å². The molecule has 3 aromatic heterocycles. The molecule has 0 radical (unpaired) electrons. The lowest BCUT2D eigenvalue weighted by molar-refractivity contribution is 1.07. The fourth-order valence-corrected chi connectivity index (χ4v) is 8.25. The number of rotatable bonds is 5. The molecule has 0 aliphatic rings. The van der Waals surface area contributed by atoms with Gasteiger partial charge in [-0.25, -0.2) is 15.0 Å². The van der Waals surface area contributed by atoms with Gasteiger partial charge in [-0.1, -0.05) is 97.1 Å². The lowest BCUT2D eigenvalue weighted by Gasteiger charge is -2.10. The number of benzene rings is 7. The van der Waals surface area contributed by atoms with Crippen molar-refractivity contribution in [1.29, 1.82) is 5.26 Å². The smallest absolute Gasteiger partial charge is 0.164 e. The third-order valence-corrected chi connectivity index (χ3v) is 10.8. The average Bonchev–Trinajstić information content (AvgIpc) is 3.76. The van der Waals surface area contributed by atoms with Gasteiger partial charge in [-0.2, -0.15) is 5.26 Å². The molecule has 0 bridgehead atoms. The second kappa shape index (κ2) is 12.1. The number of para-hydroxylation sites is 1. The second-order valence-corrected chi connectivity index (χ2v) is 13.9. The Balaban J connectivity index is 1.14. The summed E-state index contributed by atoms with van der Waals surface area (Å²) in [5.41, 5.74) is 8.96. The SMILES string of the molecule is N#Cc1cccc(-c2ccc3sc4ccc(-n5c6ccccc6c6cc(-c7nc(-c8ccccc8)nc(-c8ccccc8)n7)ccc65)cc4c3c2)c1. The molecule has 10 aromatic rings. The van der Waals surface area contributed by atoms with E-state index in [0.717, 1.165) is 55.3 Å². The molecule has 0 amide bonds. The molecule has 0 fully saturated rings. The topological polar surface area (TPSA) is 67.4 Å². The van der Waals surface area contributed by atoms with E-state index in [9.17, 15) is 5.26 Å². The highest BCUT2D eigenvalue weighted by Crippen LogP contribution is 2.40. The van der Waals surface area contributed by atoms with Crippen LogP contribution in [0.4, 0.5) is 0 Å². The first-order valence-corrected chi connectivity index (χ1v) is 17.9. The zero-order valence-electron chi connectivity index (χ0n) is 27.7. The first kappa shape index (κ1) is 29.9. The third-order valence-electron chi connectivity index (χ3n) is 9.67. The van der Waals surface area contributed by atoms with E-state index >= 15 is 0 Å². The van der Waals surface area contributed by atoms with E-state index in [2.05, 4.69) is 95.6 Å². The number of nitrogens with zero attached hydrogens (tertiary/aromatic N) is 5. The quantitative estimate of drug-likeness (QED) is 0.181. The van der Waals surface area contributed by atoms with Crippen molar-refractivity contribution < 1.29 is 0 Å². The Morgan fingerprint density at radius 2 is 0.981 bits per heavy atom. The molecule has 0 unspecified atom stereocenters. The monoisotopic (exact) mass is 681 g/mol. The fourth-order valence-electron chi connectivity index (χ4n) is 7.18. The molecule has 0 saturated heterocycles. The molecule has 6 heteroatoms. The Labute approximate surface area is 303 Å². The van der Waals surface area contributed by atoms with Crippen molar-refractivity contribution >= 4 is 53.3 Å². The second-order valence-electron chi connectivity index (χ2n) is 12.8. The number of thiophene rings is 1. The summed E-state index contributed by atoms with van der Waals surface area (Å²) in [6, 6.07) is 58.7. The maximum Gasteiger partial charge on any atom is 0.164 e. The van der Waals surface area contributed by atoms with E-state index < -0.39 is 0 Å². The normalized spacial score (nSPS) is 11.4. The van der Waals surface area contributed by atoms with E-state index in [0.29, 0.717) is 23.0 Å². The maximum atomic E-state index is 9.48. The number of hydrogen-bond acceptors (Lipinski definition) is 5. The number of fused-ring (bicyclic) bond motifs is 6. The lowest BCUT2D eigenvalue weighted by atomic mass is 10.0. The Bertz CT molecular complexity index is 2970. The Kier molecular flexibility index (Phi) is 6.98. The highest BCUT2D eigenvalue weighted by Gasteiger charge is 2.17. The summed E-state index contributed by atoms with van der Waals surface area (Å²) in [5.74, 6) is 1.92. The molecule has 0 aliphatic carbocycles. The third kappa shape index (κ3) is 5.03. The Morgan fingerprint density at radius 1 is 0.423 bits per heavy atom. The van der Waals surface area contributed by atoms with E-state index in [4.69, 9.17) is 15.0 Å². The van der Waals surface area contributed by atoms with E-state index in [1.54, 1.807) is 11.3 Å². The van der Waals surface area contributed by atoms with E-state index in [1.807, 2.05) is 78.9 Å². The zero-order chi connectivity index (χ0) is 34.6. The van der Waals surface area contributed by atoms with Gasteiger partial charge in [0.1, 0.15) is 0 Å². The molecule has 3 heterocycles. The summed E-state index contributed by atoms with van der Waals surface area (Å²) >= 11 is 1.80. The van der Waals surface area contributed by atoms with Crippen LogP contribution in [0.5, 0.6) is 0 Å². The van der Waals surface area contributed by atoms with Gasteiger partial charge >= 0.3 is 0 Å². The largest absolute Gasteiger partial charge is 0.309 e. The van der Waals surface area contributed by atoms with Gasteiger partial charge in [0, 0.05) is 53.3 Å². The van der Waals surface area contributed by atoms with E-state index in [-0.39, 0.29) is 0 Å². The van der Waals surface area contributed by atoms with Crippen LogP contribution in [0.15, 0.2) is 164 Å². The lowest BCUT2D eigenvalue weighted by Crippen LogP contribution is -2.00. The van der Waals surface area contributed by atoms with Gasteiger partial charge in [0.2, 0.25) is 0 Å². The molecule has 7 aromatic carbocycles. The summed E-state index contributed by atoms with van der Waals surface area (Å²) < 4.78 is 4.83. The Hall–Kier alpha value is -6.94. The summed E-state index contributed by atoms with van der Waals surface area (Å²) in [6.07, 6.45) is 0. The highest BCUT2D eigenvalue weighted by molar-refractivity contribution is 7.25. The van der Waals surface area contributed by atoms with Crippen molar-refractivity contribution in [2.45, 2.75) is 0 Å². The predicted octanol–water partition coefficient (Wildman–Crippen LogP) is 11.9.